The van der Waals surface area contributed by atoms with Crippen molar-refractivity contribution in [3.05, 3.63) is 69.7 Å². The van der Waals surface area contributed by atoms with E-state index in [4.69, 9.17) is 16.3 Å². The van der Waals surface area contributed by atoms with Crippen LogP contribution < -0.4 is 0 Å². The Hall–Kier alpha value is -1.43. The fraction of sp³-hybridized carbons (Fsp3) is 0.429. The molecular formula is C21H25ClO4. The molecule has 1 saturated heterocycles. The predicted octanol–water partition coefficient (Wildman–Crippen LogP) is 3.04. The first kappa shape index (κ1) is 19.3. The van der Waals surface area contributed by atoms with Gasteiger partial charge in [-0.15, -0.1) is 0 Å². The van der Waals surface area contributed by atoms with Crippen molar-refractivity contribution in [1.82, 2.24) is 0 Å². The van der Waals surface area contributed by atoms with Gasteiger partial charge in [0.15, 0.2) is 0 Å². The highest BCUT2D eigenvalue weighted by Gasteiger charge is 2.37. The Morgan fingerprint density at radius 1 is 1.08 bits per heavy atom. The van der Waals surface area contributed by atoms with Crippen molar-refractivity contribution in [2.45, 2.75) is 50.6 Å². The van der Waals surface area contributed by atoms with Gasteiger partial charge in [-0.3, -0.25) is 0 Å². The number of aliphatic hydroxyl groups is 3. The molecule has 1 fully saturated rings. The molecule has 0 spiro atoms. The lowest BCUT2D eigenvalue weighted by Crippen LogP contribution is -2.47. The van der Waals surface area contributed by atoms with Gasteiger partial charge in [-0.05, 0) is 41.2 Å². The molecule has 2 aromatic rings. The van der Waals surface area contributed by atoms with E-state index >= 15 is 0 Å². The zero-order valence-electron chi connectivity index (χ0n) is 14.8. The number of hydrogen-bond donors (Lipinski definition) is 3. The molecular weight excluding hydrogens is 352 g/mol. The van der Waals surface area contributed by atoms with Crippen molar-refractivity contribution >= 4 is 11.6 Å². The molecule has 0 unspecified atom stereocenters. The van der Waals surface area contributed by atoms with Crippen LogP contribution in [0.5, 0.6) is 0 Å². The largest absolute Gasteiger partial charge is 0.394 e. The smallest absolute Gasteiger partial charge is 0.110 e. The Bertz CT molecular complexity index is 731. The minimum Gasteiger partial charge on any atom is -0.394 e. The van der Waals surface area contributed by atoms with E-state index in [1.54, 1.807) is 0 Å². The molecule has 26 heavy (non-hydrogen) atoms. The summed E-state index contributed by atoms with van der Waals surface area (Å²) in [5.41, 5.74) is 4.35. The van der Waals surface area contributed by atoms with Crippen LogP contribution in [0.2, 0.25) is 5.02 Å². The van der Waals surface area contributed by atoms with E-state index in [1.165, 1.54) is 11.1 Å². The van der Waals surface area contributed by atoms with Crippen LogP contribution in [0, 0.1) is 0 Å². The van der Waals surface area contributed by atoms with Gasteiger partial charge in [-0.2, -0.15) is 0 Å². The first-order chi connectivity index (χ1) is 12.5. The van der Waals surface area contributed by atoms with Crippen molar-refractivity contribution < 1.29 is 20.1 Å². The molecule has 0 aliphatic carbocycles. The van der Waals surface area contributed by atoms with Crippen LogP contribution in [-0.2, 0) is 17.6 Å². The van der Waals surface area contributed by atoms with Crippen LogP contribution in [-0.4, -0.2) is 40.2 Å². The first-order valence-corrected chi connectivity index (χ1v) is 9.38. The Morgan fingerprint density at radius 2 is 1.77 bits per heavy atom. The average Bonchev–Trinajstić information content (AvgIpc) is 2.66. The maximum atomic E-state index is 10.1. The normalized spacial score (nSPS) is 26.0. The van der Waals surface area contributed by atoms with Crippen molar-refractivity contribution in [2.24, 2.45) is 0 Å². The second-order valence-corrected chi connectivity index (χ2v) is 7.24. The third-order valence-electron chi connectivity index (χ3n) is 5.02. The van der Waals surface area contributed by atoms with Gasteiger partial charge >= 0.3 is 0 Å². The summed E-state index contributed by atoms with van der Waals surface area (Å²) in [5.74, 6) is 0. The molecule has 1 aliphatic rings. The average molecular weight is 377 g/mol. The van der Waals surface area contributed by atoms with E-state index in [9.17, 15) is 15.3 Å². The second-order valence-electron chi connectivity index (χ2n) is 6.84. The zero-order chi connectivity index (χ0) is 18.7. The van der Waals surface area contributed by atoms with Crippen molar-refractivity contribution in [3.8, 4) is 0 Å². The molecule has 0 aromatic heterocycles. The highest BCUT2D eigenvalue weighted by Crippen LogP contribution is 2.34. The Kier molecular flexibility index (Phi) is 6.33. The maximum Gasteiger partial charge on any atom is 0.110 e. The zero-order valence-corrected chi connectivity index (χ0v) is 15.6. The molecule has 4 atom stereocenters. The topological polar surface area (TPSA) is 69.9 Å². The molecule has 2 aromatic carbocycles. The summed E-state index contributed by atoms with van der Waals surface area (Å²) in [7, 11) is 0. The van der Waals surface area contributed by atoms with Crippen LogP contribution in [0.25, 0.3) is 0 Å². The summed E-state index contributed by atoms with van der Waals surface area (Å²) < 4.78 is 5.78. The SMILES string of the molecule is CCc1ccc(Cc2cc([C@H]3C[C@@H](O)[C@H](O)[C@@H](CO)O3)ccc2Cl)cc1. The van der Waals surface area contributed by atoms with E-state index in [1.807, 2.05) is 18.2 Å². The van der Waals surface area contributed by atoms with E-state index in [2.05, 4.69) is 31.2 Å². The number of halogens is 1. The van der Waals surface area contributed by atoms with E-state index in [-0.39, 0.29) is 19.1 Å². The second kappa shape index (κ2) is 8.51. The summed E-state index contributed by atoms with van der Waals surface area (Å²) in [6, 6.07) is 14.2. The summed E-state index contributed by atoms with van der Waals surface area (Å²) in [4.78, 5) is 0. The Balaban J connectivity index is 1.80. The molecule has 4 nitrogen and oxygen atoms in total. The summed E-state index contributed by atoms with van der Waals surface area (Å²) in [6.07, 6.45) is -1.17. The minimum absolute atomic E-state index is 0.282. The Morgan fingerprint density at radius 3 is 2.42 bits per heavy atom. The maximum absolute atomic E-state index is 10.1. The quantitative estimate of drug-likeness (QED) is 0.750. The van der Waals surface area contributed by atoms with Crippen molar-refractivity contribution in [1.29, 1.82) is 0 Å². The molecule has 3 rings (SSSR count). The van der Waals surface area contributed by atoms with Gasteiger partial charge in [0.25, 0.3) is 0 Å². The summed E-state index contributed by atoms with van der Waals surface area (Å²) in [6.45, 7) is 1.80. The predicted molar refractivity (Wildman–Crippen MR) is 101 cm³/mol. The standard InChI is InChI=1S/C21H25ClO4/c1-2-13-3-5-14(6-4-13)9-16-10-15(7-8-17(16)22)19-11-18(24)21(25)20(12-23)26-19/h3-8,10,18-21,23-25H,2,9,11-12H2,1H3/t18-,19-,20-,21+/m1/s1. The van der Waals surface area contributed by atoms with Crippen LogP contribution in [0.15, 0.2) is 42.5 Å². The lowest BCUT2D eigenvalue weighted by molar-refractivity contribution is -0.181. The summed E-state index contributed by atoms with van der Waals surface area (Å²) in [5, 5.41) is 30.0. The molecule has 5 heteroatoms. The van der Waals surface area contributed by atoms with Gasteiger partial charge in [-0.25, -0.2) is 0 Å². The number of aryl methyl sites for hydroxylation is 1. The van der Waals surface area contributed by atoms with Crippen molar-refractivity contribution in [2.75, 3.05) is 6.61 Å². The highest BCUT2D eigenvalue weighted by molar-refractivity contribution is 6.31. The molecule has 140 valence electrons. The highest BCUT2D eigenvalue weighted by atomic mass is 35.5. The van der Waals surface area contributed by atoms with Crippen LogP contribution in [0.3, 0.4) is 0 Å². The van der Waals surface area contributed by atoms with E-state index in [0.717, 1.165) is 17.5 Å². The third kappa shape index (κ3) is 4.27. The van der Waals surface area contributed by atoms with Gasteiger partial charge in [0, 0.05) is 11.4 Å². The molecule has 1 heterocycles. The fourth-order valence-corrected chi connectivity index (χ4v) is 3.55. The molecule has 1 aliphatic heterocycles. The van der Waals surface area contributed by atoms with Crippen LogP contribution in [0.1, 0.15) is 41.7 Å². The third-order valence-corrected chi connectivity index (χ3v) is 5.39. The number of rotatable bonds is 5. The number of aliphatic hydroxyl groups excluding tert-OH is 3. The Labute approximate surface area is 159 Å². The number of benzene rings is 2. The monoisotopic (exact) mass is 376 g/mol. The minimum atomic E-state index is -1.07. The van der Waals surface area contributed by atoms with Gasteiger partial charge in [0.05, 0.1) is 18.8 Å². The number of hydrogen-bond acceptors (Lipinski definition) is 4. The van der Waals surface area contributed by atoms with Crippen molar-refractivity contribution in [3.63, 3.8) is 0 Å². The molecule has 0 saturated carbocycles. The number of ether oxygens (including phenoxy) is 1. The van der Waals surface area contributed by atoms with Crippen LogP contribution in [0.4, 0.5) is 0 Å². The first-order valence-electron chi connectivity index (χ1n) is 9.00. The molecule has 0 amide bonds. The lowest BCUT2D eigenvalue weighted by atomic mass is 9.92. The van der Waals surface area contributed by atoms with Gasteiger partial charge in [0.2, 0.25) is 0 Å². The van der Waals surface area contributed by atoms with Crippen LogP contribution >= 0.6 is 11.6 Å². The molecule has 3 N–H and O–H groups in total. The molecule has 0 radical (unpaired) electrons. The van der Waals surface area contributed by atoms with Gasteiger partial charge < -0.3 is 20.1 Å². The van der Waals surface area contributed by atoms with E-state index in [0.29, 0.717) is 11.4 Å². The summed E-state index contributed by atoms with van der Waals surface area (Å²) >= 11 is 6.38. The fourth-order valence-electron chi connectivity index (χ4n) is 3.36. The van der Waals surface area contributed by atoms with Gasteiger partial charge in [0.1, 0.15) is 12.2 Å². The van der Waals surface area contributed by atoms with E-state index < -0.39 is 18.3 Å². The molecule has 0 bridgehead atoms. The lowest BCUT2D eigenvalue weighted by Gasteiger charge is -2.36. The van der Waals surface area contributed by atoms with Gasteiger partial charge in [-0.1, -0.05) is 54.9 Å².